The van der Waals surface area contributed by atoms with Gasteiger partial charge in [0.2, 0.25) is 5.91 Å². The van der Waals surface area contributed by atoms with Crippen LogP contribution < -0.4 is 5.32 Å². The standard InChI is InChI=1S/C23H23N3OS/c1-15-17-8-3-4-9-19(17)25-16(2)18(15)14-22(27)24-13-7-12-23-26-20-10-5-6-11-21(20)28-23/h3-6,8-11H,7,12-14H2,1-2H3,(H,24,27). The summed E-state index contributed by atoms with van der Waals surface area (Å²) in [5.74, 6) is 0.0487. The Kier molecular flexibility index (Phi) is 5.35. The molecular formula is C23H23N3OS. The molecule has 2 aromatic carbocycles. The van der Waals surface area contributed by atoms with Crippen LogP contribution in [0.1, 0.15) is 28.2 Å². The highest BCUT2D eigenvalue weighted by Crippen LogP contribution is 2.23. The molecular weight excluding hydrogens is 366 g/mol. The van der Waals surface area contributed by atoms with E-state index in [2.05, 4.69) is 34.3 Å². The number of rotatable bonds is 6. The zero-order valence-corrected chi connectivity index (χ0v) is 17.0. The predicted octanol–water partition coefficient (Wildman–Crippen LogP) is 4.75. The Morgan fingerprint density at radius 1 is 1.00 bits per heavy atom. The van der Waals surface area contributed by atoms with Gasteiger partial charge in [-0.15, -0.1) is 11.3 Å². The van der Waals surface area contributed by atoms with Crippen molar-refractivity contribution in [2.75, 3.05) is 6.54 Å². The van der Waals surface area contributed by atoms with Gasteiger partial charge in [-0.05, 0) is 49.6 Å². The molecule has 0 aliphatic carbocycles. The smallest absolute Gasteiger partial charge is 0.224 e. The number of fused-ring (bicyclic) bond motifs is 2. The van der Waals surface area contributed by atoms with Crippen molar-refractivity contribution in [1.82, 2.24) is 15.3 Å². The lowest BCUT2D eigenvalue weighted by molar-refractivity contribution is -0.120. The first-order valence-electron chi connectivity index (χ1n) is 9.58. The number of amides is 1. The van der Waals surface area contributed by atoms with Gasteiger partial charge in [-0.1, -0.05) is 30.3 Å². The number of aryl methyl sites for hydroxylation is 3. The van der Waals surface area contributed by atoms with Crippen molar-refractivity contribution < 1.29 is 4.79 Å². The van der Waals surface area contributed by atoms with Gasteiger partial charge in [-0.2, -0.15) is 0 Å². The van der Waals surface area contributed by atoms with Crippen LogP contribution in [0.3, 0.4) is 0 Å². The number of hydrogen-bond acceptors (Lipinski definition) is 4. The molecule has 2 heterocycles. The molecule has 0 unspecified atom stereocenters. The van der Waals surface area contributed by atoms with E-state index in [9.17, 15) is 4.79 Å². The minimum atomic E-state index is 0.0487. The number of carbonyl (C=O) groups is 1. The highest BCUT2D eigenvalue weighted by molar-refractivity contribution is 7.18. The number of aromatic nitrogens is 2. The molecule has 4 nitrogen and oxygen atoms in total. The van der Waals surface area contributed by atoms with Gasteiger partial charge < -0.3 is 5.32 Å². The molecule has 2 aromatic heterocycles. The summed E-state index contributed by atoms with van der Waals surface area (Å²) in [4.78, 5) is 21.8. The Bertz CT molecular complexity index is 1120. The first kappa shape index (κ1) is 18.6. The molecule has 142 valence electrons. The van der Waals surface area contributed by atoms with Gasteiger partial charge in [0.25, 0.3) is 0 Å². The number of pyridine rings is 1. The van der Waals surface area contributed by atoms with E-state index in [0.29, 0.717) is 13.0 Å². The molecule has 0 spiro atoms. The molecule has 0 radical (unpaired) electrons. The summed E-state index contributed by atoms with van der Waals surface area (Å²) in [6, 6.07) is 16.3. The third kappa shape index (κ3) is 3.90. The van der Waals surface area contributed by atoms with Crippen LogP contribution in [-0.2, 0) is 17.6 Å². The normalized spacial score (nSPS) is 11.2. The Balaban J connectivity index is 1.34. The Morgan fingerprint density at radius 3 is 2.57 bits per heavy atom. The summed E-state index contributed by atoms with van der Waals surface area (Å²) in [6.45, 7) is 4.72. The van der Waals surface area contributed by atoms with E-state index in [1.807, 2.05) is 43.3 Å². The van der Waals surface area contributed by atoms with E-state index in [1.54, 1.807) is 11.3 Å². The fourth-order valence-electron chi connectivity index (χ4n) is 3.55. The van der Waals surface area contributed by atoms with Crippen LogP contribution in [0.15, 0.2) is 48.5 Å². The third-order valence-corrected chi connectivity index (χ3v) is 6.15. The van der Waals surface area contributed by atoms with Gasteiger partial charge in [-0.25, -0.2) is 4.98 Å². The number of thiazole rings is 1. The Morgan fingerprint density at radius 2 is 1.75 bits per heavy atom. The van der Waals surface area contributed by atoms with Crippen molar-refractivity contribution >= 4 is 38.4 Å². The summed E-state index contributed by atoms with van der Waals surface area (Å²) in [5, 5.41) is 5.29. The molecule has 28 heavy (non-hydrogen) atoms. The first-order valence-corrected chi connectivity index (χ1v) is 10.4. The summed E-state index contributed by atoms with van der Waals surface area (Å²) in [5.41, 5.74) is 5.15. The van der Waals surface area contributed by atoms with E-state index >= 15 is 0 Å². The molecule has 1 amide bonds. The summed E-state index contributed by atoms with van der Waals surface area (Å²) in [7, 11) is 0. The quantitative estimate of drug-likeness (QED) is 0.484. The second-order valence-electron chi connectivity index (χ2n) is 7.02. The van der Waals surface area contributed by atoms with Crippen molar-refractivity contribution in [2.24, 2.45) is 0 Å². The summed E-state index contributed by atoms with van der Waals surface area (Å²) in [6.07, 6.45) is 2.14. The van der Waals surface area contributed by atoms with Crippen LogP contribution in [-0.4, -0.2) is 22.4 Å². The zero-order valence-electron chi connectivity index (χ0n) is 16.2. The fraction of sp³-hybridized carbons (Fsp3) is 0.261. The number of carbonyl (C=O) groups excluding carboxylic acids is 1. The summed E-state index contributed by atoms with van der Waals surface area (Å²) >= 11 is 1.73. The molecule has 5 heteroatoms. The maximum absolute atomic E-state index is 12.5. The second kappa shape index (κ2) is 8.07. The minimum absolute atomic E-state index is 0.0487. The van der Waals surface area contributed by atoms with Crippen LogP contribution in [0.4, 0.5) is 0 Å². The Labute approximate surface area is 168 Å². The summed E-state index contributed by atoms with van der Waals surface area (Å²) < 4.78 is 1.22. The molecule has 0 fully saturated rings. The number of benzene rings is 2. The van der Waals surface area contributed by atoms with Gasteiger partial charge in [0.1, 0.15) is 0 Å². The lowest BCUT2D eigenvalue weighted by atomic mass is 9.99. The zero-order chi connectivity index (χ0) is 19.5. The third-order valence-electron chi connectivity index (χ3n) is 5.05. The molecule has 1 N–H and O–H groups in total. The first-order chi connectivity index (χ1) is 13.6. The molecule has 0 saturated heterocycles. The van der Waals surface area contributed by atoms with E-state index in [1.165, 1.54) is 4.70 Å². The van der Waals surface area contributed by atoms with Gasteiger partial charge in [0, 0.05) is 24.0 Å². The SMILES string of the molecule is Cc1nc2ccccc2c(C)c1CC(=O)NCCCc1nc2ccccc2s1. The molecule has 4 rings (SSSR count). The lowest BCUT2D eigenvalue weighted by Crippen LogP contribution is -2.27. The van der Waals surface area contributed by atoms with E-state index in [-0.39, 0.29) is 5.91 Å². The van der Waals surface area contributed by atoms with E-state index < -0.39 is 0 Å². The maximum atomic E-state index is 12.5. The predicted molar refractivity (Wildman–Crippen MR) is 116 cm³/mol. The molecule has 0 saturated carbocycles. The average Bonchev–Trinajstić information content (AvgIpc) is 3.11. The van der Waals surface area contributed by atoms with Crippen molar-refractivity contribution in [3.8, 4) is 0 Å². The number of hydrogen-bond donors (Lipinski definition) is 1. The van der Waals surface area contributed by atoms with Gasteiger partial charge in [-0.3, -0.25) is 9.78 Å². The lowest BCUT2D eigenvalue weighted by Gasteiger charge is -2.12. The van der Waals surface area contributed by atoms with Crippen LogP contribution in [0.2, 0.25) is 0 Å². The highest BCUT2D eigenvalue weighted by Gasteiger charge is 2.13. The number of para-hydroxylation sites is 2. The van der Waals surface area contributed by atoms with Gasteiger partial charge >= 0.3 is 0 Å². The van der Waals surface area contributed by atoms with Crippen molar-refractivity contribution in [2.45, 2.75) is 33.1 Å². The topological polar surface area (TPSA) is 54.9 Å². The van der Waals surface area contributed by atoms with Crippen LogP contribution in [0, 0.1) is 13.8 Å². The van der Waals surface area contributed by atoms with Crippen LogP contribution in [0.25, 0.3) is 21.1 Å². The highest BCUT2D eigenvalue weighted by atomic mass is 32.1. The second-order valence-corrected chi connectivity index (χ2v) is 8.14. The molecule has 0 aliphatic rings. The van der Waals surface area contributed by atoms with Gasteiger partial charge in [0.05, 0.1) is 27.2 Å². The maximum Gasteiger partial charge on any atom is 0.224 e. The van der Waals surface area contributed by atoms with E-state index in [4.69, 9.17) is 0 Å². The van der Waals surface area contributed by atoms with Crippen LogP contribution >= 0.6 is 11.3 Å². The largest absolute Gasteiger partial charge is 0.356 e. The minimum Gasteiger partial charge on any atom is -0.356 e. The molecule has 0 aliphatic heterocycles. The van der Waals surface area contributed by atoms with E-state index in [0.717, 1.165) is 51.1 Å². The molecule has 0 bridgehead atoms. The number of nitrogens with one attached hydrogen (secondary N) is 1. The fourth-order valence-corrected chi connectivity index (χ4v) is 4.56. The monoisotopic (exact) mass is 389 g/mol. The molecule has 0 atom stereocenters. The van der Waals surface area contributed by atoms with Crippen LogP contribution in [0.5, 0.6) is 0 Å². The number of nitrogens with zero attached hydrogens (tertiary/aromatic N) is 2. The average molecular weight is 390 g/mol. The van der Waals surface area contributed by atoms with Gasteiger partial charge in [0.15, 0.2) is 0 Å². The Hall–Kier alpha value is -2.79. The van der Waals surface area contributed by atoms with Crippen molar-refractivity contribution in [3.05, 3.63) is 70.4 Å². The van der Waals surface area contributed by atoms with Crippen molar-refractivity contribution in [1.29, 1.82) is 0 Å². The van der Waals surface area contributed by atoms with Crippen molar-refractivity contribution in [3.63, 3.8) is 0 Å². The molecule has 4 aromatic rings.